The van der Waals surface area contributed by atoms with E-state index in [0.717, 1.165) is 17.5 Å². The number of ether oxygens (including phenoxy) is 1. The van der Waals surface area contributed by atoms with Crippen LogP contribution in [0.1, 0.15) is 77.9 Å². The highest BCUT2D eigenvalue weighted by Crippen LogP contribution is 2.33. The van der Waals surface area contributed by atoms with Crippen LogP contribution >= 0.6 is 0 Å². The Hall–Kier alpha value is -3.48. The molecule has 1 amide bonds. The summed E-state index contributed by atoms with van der Waals surface area (Å²) in [5.74, 6) is -0.533. The summed E-state index contributed by atoms with van der Waals surface area (Å²) < 4.78 is 6.34. The number of rotatable bonds is 9. The summed E-state index contributed by atoms with van der Waals surface area (Å²) in [4.78, 5) is 27.4. The third-order valence-electron chi connectivity index (χ3n) is 7.86. The van der Waals surface area contributed by atoms with E-state index in [1.165, 1.54) is 37.7 Å². The van der Waals surface area contributed by atoms with Crippen LogP contribution in [0.3, 0.4) is 0 Å². The summed E-state index contributed by atoms with van der Waals surface area (Å²) >= 11 is 0. The molecule has 5 rings (SSSR count). The standard InChI is InChI=1S/C32H36N2O4/c35-30(36)28-16-18-29(19-17-28)34(22-24-12-14-27(15-13-24)26-10-5-2-6-11-26)31(37)32(20-7-21-33-32)38-23-25-8-3-1-4-9-25/h1,3-4,8-9,12-19,26,33H,2,5-7,10-11,20-23H2,(H,35,36)/t32-/m1/s1. The van der Waals surface area contributed by atoms with Crippen molar-refractivity contribution in [3.05, 3.63) is 101 Å². The zero-order valence-electron chi connectivity index (χ0n) is 21.8. The molecule has 38 heavy (non-hydrogen) atoms. The van der Waals surface area contributed by atoms with E-state index < -0.39 is 11.7 Å². The van der Waals surface area contributed by atoms with Gasteiger partial charge in [-0.25, -0.2) is 4.79 Å². The van der Waals surface area contributed by atoms with Gasteiger partial charge in [-0.05, 0) is 72.7 Å². The number of amides is 1. The van der Waals surface area contributed by atoms with Crippen molar-refractivity contribution in [2.75, 3.05) is 11.4 Å². The number of anilines is 1. The highest BCUT2D eigenvalue weighted by Gasteiger charge is 2.45. The van der Waals surface area contributed by atoms with Gasteiger partial charge < -0.3 is 14.7 Å². The van der Waals surface area contributed by atoms with Gasteiger partial charge in [-0.15, -0.1) is 0 Å². The fraction of sp³-hybridized carbons (Fsp3) is 0.375. The molecule has 2 N–H and O–H groups in total. The summed E-state index contributed by atoms with van der Waals surface area (Å²) in [5, 5.41) is 12.7. The number of nitrogens with zero attached hydrogens (tertiary/aromatic N) is 1. The van der Waals surface area contributed by atoms with Crippen molar-refractivity contribution >= 4 is 17.6 Å². The van der Waals surface area contributed by atoms with E-state index in [2.05, 4.69) is 29.6 Å². The van der Waals surface area contributed by atoms with E-state index in [0.29, 0.717) is 37.7 Å². The van der Waals surface area contributed by atoms with Crippen LogP contribution < -0.4 is 10.2 Å². The zero-order chi connectivity index (χ0) is 26.4. The molecule has 1 aliphatic heterocycles. The molecule has 3 aromatic rings. The van der Waals surface area contributed by atoms with Crippen LogP contribution in [0.25, 0.3) is 0 Å². The molecule has 0 aromatic heterocycles. The number of carboxylic acid groups (broad SMARTS) is 1. The van der Waals surface area contributed by atoms with Gasteiger partial charge in [0, 0.05) is 12.1 Å². The monoisotopic (exact) mass is 512 g/mol. The number of carboxylic acids is 1. The van der Waals surface area contributed by atoms with Crippen LogP contribution in [0, 0.1) is 0 Å². The minimum atomic E-state index is -1.14. The predicted octanol–water partition coefficient (Wildman–Crippen LogP) is 6.26. The van der Waals surface area contributed by atoms with Crippen LogP contribution in [0.15, 0.2) is 78.9 Å². The quantitative estimate of drug-likeness (QED) is 0.354. The number of benzene rings is 3. The Bertz CT molecular complexity index is 1210. The van der Waals surface area contributed by atoms with E-state index in [-0.39, 0.29) is 11.5 Å². The molecule has 2 fully saturated rings. The van der Waals surface area contributed by atoms with Crippen LogP contribution in [0.4, 0.5) is 5.69 Å². The van der Waals surface area contributed by atoms with Crippen molar-refractivity contribution < 1.29 is 19.4 Å². The normalized spacial score (nSPS) is 19.8. The highest BCUT2D eigenvalue weighted by molar-refractivity contribution is 6.00. The molecular weight excluding hydrogens is 476 g/mol. The second kappa shape index (κ2) is 11.9. The molecule has 0 radical (unpaired) electrons. The average Bonchev–Trinajstić information content (AvgIpc) is 3.46. The van der Waals surface area contributed by atoms with Crippen molar-refractivity contribution in [1.29, 1.82) is 0 Å². The Morgan fingerprint density at radius 2 is 1.58 bits per heavy atom. The maximum atomic E-state index is 14.2. The molecule has 1 saturated heterocycles. The van der Waals surface area contributed by atoms with E-state index in [9.17, 15) is 14.7 Å². The maximum absolute atomic E-state index is 14.2. The second-order valence-electron chi connectivity index (χ2n) is 10.5. The van der Waals surface area contributed by atoms with E-state index in [1.54, 1.807) is 29.2 Å². The molecule has 0 spiro atoms. The number of hydrogen-bond donors (Lipinski definition) is 2. The van der Waals surface area contributed by atoms with Gasteiger partial charge in [-0.1, -0.05) is 73.9 Å². The first-order chi connectivity index (χ1) is 18.5. The van der Waals surface area contributed by atoms with Crippen molar-refractivity contribution in [2.45, 2.75) is 69.7 Å². The Labute approximate surface area is 224 Å². The van der Waals surface area contributed by atoms with Gasteiger partial charge in [-0.3, -0.25) is 10.1 Å². The molecule has 0 unspecified atom stereocenters. The van der Waals surface area contributed by atoms with Gasteiger partial charge in [0.2, 0.25) is 0 Å². The number of carbonyl (C=O) groups excluding carboxylic acids is 1. The lowest BCUT2D eigenvalue weighted by Gasteiger charge is -2.35. The summed E-state index contributed by atoms with van der Waals surface area (Å²) in [6.45, 7) is 1.39. The van der Waals surface area contributed by atoms with Gasteiger partial charge >= 0.3 is 5.97 Å². The summed E-state index contributed by atoms with van der Waals surface area (Å²) in [7, 11) is 0. The van der Waals surface area contributed by atoms with Crippen LogP contribution in [0.2, 0.25) is 0 Å². The molecule has 0 bridgehead atoms. The fourth-order valence-electron chi connectivity index (χ4n) is 5.66. The summed E-state index contributed by atoms with van der Waals surface area (Å²) in [6.07, 6.45) is 7.80. The second-order valence-corrected chi connectivity index (χ2v) is 10.5. The lowest BCUT2D eigenvalue weighted by molar-refractivity contribution is -0.149. The molecule has 6 heteroatoms. The maximum Gasteiger partial charge on any atom is 0.335 e. The Morgan fingerprint density at radius 1 is 0.868 bits per heavy atom. The minimum Gasteiger partial charge on any atom is -0.478 e. The number of hydrogen-bond acceptors (Lipinski definition) is 4. The SMILES string of the molecule is O=C(O)c1ccc(N(Cc2ccc(C3CCCCC3)cc2)C(=O)[C@]2(OCc3ccccc3)CCCN2)cc1. The molecule has 6 nitrogen and oxygen atoms in total. The lowest BCUT2D eigenvalue weighted by Crippen LogP contribution is -2.56. The van der Waals surface area contributed by atoms with Crippen molar-refractivity contribution in [3.8, 4) is 0 Å². The van der Waals surface area contributed by atoms with Gasteiger partial charge in [-0.2, -0.15) is 0 Å². The Kier molecular flexibility index (Phi) is 8.20. The average molecular weight is 513 g/mol. The number of nitrogens with one attached hydrogen (secondary N) is 1. The predicted molar refractivity (Wildman–Crippen MR) is 148 cm³/mol. The number of carbonyl (C=O) groups is 2. The van der Waals surface area contributed by atoms with Crippen molar-refractivity contribution in [3.63, 3.8) is 0 Å². The first-order valence-electron chi connectivity index (χ1n) is 13.7. The van der Waals surface area contributed by atoms with Crippen LogP contribution in [-0.4, -0.2) is 29.3 Å². The van der Waals surface area contributed by atoms with Gasteiger partial charge in [0.15, 0.2) is 5.72 Å². The third kappa shape index (κ3) is 5.98. The van der Waals surface area contributed by atoms with E-state index in [4.69, 9.17) is 4.74 Å². The number of aromatic carboxylic acids is 1. The third-order valence-corrected chi connectivity index (χ3v) is 7.86. The van der Waals surface area contributed by atoms with E-state index in [1.807, 2.05) is 30.3 Å². The van der Waals surface area contributed by atoms with Crippen molar-refractivity contribution in [2.24, 2.45) is 0 Å². The molecule has 3 aromatic carbocycles. The first-order valence-corrected chi connectivity index (χ1v) is 13.7. The summed E-state index contributed by atoms with van der Waals surface area (Å²) in [5.41, 5.74) is 3.10. The Balaban J connectivity index is 1.41. The highest BCUT2D eigenvalue weighted by atomic mass is 16.5. The van der Waals surface area contributed by atoms with Crippen LogP contribution in [0.5, 0.6) is 0 Å². The van der Waals surface area contributed by atoms with E-state index >= 15 is 0 Å². The molecule has 1 atom stereocenters. The van der Waals surface area contributed by atoms with Gasteiger partial charge in [0.25, 0.3) is 5.91 Å². The minimum absolute atomic E-state index is 0.162. The first kappa shape index (κ1) is 26.1. The van der Waals surface area contributed by atoms with Crippen molar-refractivity contribution in [1.82, 2.24) is 5.32 Å². The fourth-order valence-corrected chi connectivity index (χ4v) is 5.66. The molecule has 1 aliphatic carbocycles. The van der Waals surface area contributed by atoms with Gasteiger partial charge in [0.1, 0.15) is 0 Å². The van der Waals surface area contributed by atoms with Gasteiger partial charge in [0.05, 0.1) is 18.7 Å². The molecule has 198 valence electrons. The zero-order valence-corrected chi connectivity index (χ0v) is 21.8. The topological polar surface area (TPSA) is 78.9 Å². The lowest BCUT2D eigenvalue weighted by atomic mass is 9.84. The smallest absolute Gasteiger partial charge is 0.335 e. The molecule has 2 aliphatic rings. The molecule has 1 saturated carbocycles. The summed E-state index contributed by atoms with van der Waals surface area (Å²) in [6, 6.07) is 25.0. The largest absolute Gasteiger partial charge is 0.478 e. The molecule has 1 heterocycles. The van der Waals surface area contributed by atoms with Crippen LogP contribution in [-0.2, 0) is 22.7 Å². The molecular formula is C32H36N2O4. The Morgan fingerprint density at radius 3 is 2.21 bits per heavy atom.